The molecule has 3 aliphatic rings. The molecule has 7 heteroatoms. The Morgan fingerprint density at radius 1 is 0.714 bits per heavy atom. The van der Waals surface area contributed by atoms with Crippen molar-refractivity contribution in [3.05, 3.63) is 108 Å². The lowest BCUT2D eigenvalue weighted by atomic mass is 9.37. The smallest absolute Gasteiger partial charge is 0.310 e. The third-order valence-electron chi connectivity index (χ3n) is 10.9. The highest BCUT2D eigenvalue weighted by Gasteiger charge is 2.49. The summed E-state index contributed by atoms with van der Waals surface area (Å²) in [4.78, 5) is 12.5. The van der Waals surface area contributed by atoms with E-state index in [-0.39, 0.29) is 23.0 Å². The van der Waals surface area contributed by atoms with Gasteiger partial charge < -0.3 is 13.9 Å². The Hall–Kier alpha value is -5.04. The van der Waals surface area contributed by atoms with Crippen LogP contribution in [0.5, 0.6) is 23.3 Å². The number of fused-ring (bicyclic) bond motifs is 8. The average molecular weight is 646 g/mol. The van der Waals surface area contributed by atoms with Crippen LogP contribution in [0, 0.1) is 0 Å². The standard InChI is InChI=1S/C42H40BN3O3/c1-40(2,3)25-18-21-31-28(24-25)34-36(47-31)43-30-20-19-29-32(42(6,7)23-22-41(29,4)5)35(30)49-38-33(43)37(48-34)44-39(45-38)46(26-14-10-8-11-15-26)27-16-12-9-13-17-27/h8-21,24H,22-23H2,1-7H3. The molecule has 6 nitrogen and oxygen atoms in total. The third kappa shape index (κ3) is 4.54. The summed E-state index contributed by atoms with van der Waals surface area (Å²) in [5.74, 6) is 3.07. The van der Waals surface area contributed by atoms with Crippen LogP contribution in [0.15, 0.2) is 95.4 Å². The largest absolute Gasteiger partial charge is 0.466 e. The van der Waals surface area contributed by atoms with E-state index in [1.54, 1.807) is 0 Å². The second-order valence-electron chi connectivity index (χ2n) is 16.1. The number of anilines is 3. The monoisotopic (exact) mass is 645 g/mol. The first-order valence-electron chi connectivity index (χ1n) is 17.3. The van der Waals surface area contributed by atoms with Gasteiger partial charge in [0.1, 0.15) is 17.0 Å². The Morgan fingerprint density at radius 2 is 1.33 bits per heavy atom. The minimum atomic E-state index is -0.287. The number of hydrogen-bond donors (Lipinski definition) is 0. The van der Waals surface area contributed by atoms with Gasteiger partial charge in [0, 0.05) is 16.9 Å². The predicted molar refractivity (Wildman–Crippen MR) is 198 cm³/mol. The molecule has 0 amide bonds. The molecular weight excluding hydrogens is 605 g/mol. The zero-order valence-electron chi connectivity index (χ0n) is 29.2. The molecule has 0 atom stereocenters. The SMILES string of the molecule is CC(C)(C)c1ccc2oc3c(c2c1)Oc1nc(N(c2ccccc2)c2ccccc2)nc2c1B3c1ccc3c(c1O2)C(C)(C)CCC3(C)C. The van der Waals surface area contributed by atoms with Gasteiger partial charge in [-0.2, -0.15) is 9.97 Å². The lowest BCUT2D eigenvalue weighted by Gasteiger charge is -2.44. The van der Waals surface area contributed by atoms with Gasteiger partial charge in [0.25, 0.3) is 0 Å². The average Bonchev–Trinajstić information content (AvgIpc) is 3.45. The topological polar surface area (TPSA) is 60.6 Å². The number of hydrogen-bond acceptors (Lipinski definition) is 6. The maximum atomic E-state index is 7.07. The van der Waals surface area contributed by atoms with E-state index in [4.69, 9.17) is 23.9 Å². The Bertz CT molecular complexity index is 2250. The van der Waals surface area contributed by atoms with Crippen LogP contribution in [0.3, 0.4) is 0 Å². The van der Waals surface area contributed by atoms with Crippen molar-refractivity contribution >= 4 is 51.6 Å². The van der Waals surface area contributed by atoms with Gasteiger partial charge in [-0.05, 0) is 82.1 Å². The van der Waals surface area contributed by atoms with Crippen LogP contribution in [-0.2, 0) is 16.2 Å². The summed E-state index contributed by atoms with van der Waals surface area (Å²) in [6.07, 6.45) is 2.18. The first-order valence-corrected chi connectivity index (χ1v) is 17.3. The van der Waals surface area contributed by atoms with E-state index in [2.05, 4.69) is 108 Å². The molecule has 0 radical (unpaired) electrons. The number of rotatable bonds is 3. The van der Waals surface area contributed by atoms with Crippen molar-refractivity contribution in [3.63, 3.8) is 0 Å². The summed E-state index contributed by atoms with van der Waals surface area (Å²) in [5.41, 5.74) is 9.01. The first-order chi connectivity index (χ1) is 23.4. The molecule has 2 aromatic heterocycles. The number of ether oxygens (including phenoxy) is 2. The minimum Gasteiger partial charge on any atom is -0.466 e. The minimum absolute atomic E-state index is 0.0203. The highest BCUT2D eigenvalue weighted by Crippen LogP contribution is 2.51. The van der Waals surface area contributed by atoms with Crippen molar-refractivity contribution in [1.29, 1.82) is 0 Å². The number of nitrogens with zero attached hydrogens (tertiary/aromatic N) is 3. The van der Waals surface area contributed by atoms with Gasteiger partial charge in [0.05, 0.1) is 10.8 Å². The number of para-hydroxylation sites is 2. The molecule has 0 saturated carbocycles. The molecule has 1 aliphatic carbocycles. The fraction of sp³-hybridized carbons (Fsp3) is 0.286. The Kier molecular flexibility index (Phi) is 6.28. The van der Waals surface area contributed by atoms with Crippen LogP contribution in [0.4, 0.5) is 17.3 Å². The van der Waals surface area contributed by atoms with Gasteiger partial charge in [-0.3, -0.25) is 4.90 Å². The molecule has 0 spiro atoms. The van der Waals surface area contributed by atoms with Crippen LogP contribution in [0.25, 0.3) is 11.0 Å². The van der Waals surface area contributed by atoms with Crippen LogP contribution in [0.2, 0.25) is 0 Å². The van der Waals surface area contributed by atoms with E-state index in [1.165, 1.54) is 16.7 Å². The highest BCUT2D eigenvalue weighted by atomic mass is 16.5. The lowest BCUT2D eigenvalue weighted by molar-refractivity contribution is 0.319. The van der Waals surface area contributed by atoms with Crippen molar-refractivity contribution in [2.24, 2.45) is 0 Å². The van der Waals surface area contributed by atoms with Gasteiger partial charge in [-0.15, -0.1) is 0 Å². The molecule has 0 N–H and O–H groups in total. The van der Waals surface area contributed by atoms with Crippen molar-refractivity contribution in [2.45, 2.75) is 77.6 Å². The molecule has 0 bridgehead atoms. The molecule has 4 heterocycles. The van der Waals surface area contributed by atoms with Gasteiger partial charge in [0.15, 0.2) is 5.75 Å². The van der Waals surface area contributed by atoms with E-state index < -0.39 is 0 Å². The van der Waals surface area contributed by atoms with E-state index in [0.717, 1.165) is 57.5 Å². The van der Waals surface area contributed by atoms with Crippen molar-refractivity contribution in [1.82, 2.24) is 9.97 Å². The Labute approximate surface area is 288 Å². The Balaban J connectivity index is 1.34. The first kappa shape index (κ1) is 30.1. The van der Waals surface area contributed by atoms with Crippen LogP contribution in [-0.4, -0.2) is 16.7 Å². The Morgan fingerprint density at radius 3 is 1.96 bits per heavy atom. The van der Waals surface area contributed by atoms with Crippen LogP contribution in [0.1, 0.15) is 78.0 Å². The fourth-order valence-electron chi connectivity index (χ4n) is 7.99. The van der Waals surface area contributed by atoms with Crippen molar-refractivity contribution in [2.75, 3.05) is 4.90 Å². The summed E-state index contributed by atoms with van der Waals surface area (Å²) in [5, 5.41) is 0.949. The molecule has 6 aromatic rings. The van der Waals surface area contributed by atoms with Gasteiger partial charge in [0.2, 0.25) is 17.7 Å². The van der Waals surface area contributed by atoms with E-state index >= 15 is 0 Å². The predicted octanol–water partition coefficient (Wildman–Crippen LogP) is 9.07. The molecule has 0 saturated heterocycles. The van der Waals surface area contributed by atoms with Gasteiger partial charge in [-0.25, -0.2) is 0 Å². The number of benzene rings is 4. The summed E-state index contributed by atoms with van der Waals surface area (Å²) < 4.78 is 20.7. The normalized spacial score (nSPS) is 16.5. The summed E-state index contributed by atoms with van der Waals surface area (Å²) in [6, 6.07) is 31.4. The molecule has 2 aliphatic heterocycles. The summed E-state index contributed by atoms with van der Waals surface area (Å²) >= 11 is 0. The zero-order valence-corrected chi connectivity index (χ0v) is 29.2. The second kappa shape index (κ2) is 10.2. The maximum absolute atomic E-state index is 7.07. The second-order valence-corrected chi connectivity index (χ2v) is 16.1. The number of aromatic nitrogens is 2. The van der Waals surface area contributed by atoms with E-state index in [9.17, 15) is 0 Å². The molecular formula is C42H40BN3O3. The molecule has 0 unspecified atom stereocenters. The van der Waals surface area contributed by atoms with Crippen LogP contribution >= 0.6 is 0 Å². The molecule has 4 aromatic carbocycles. The quantitative estimate of drug-likeness (QED) is 0.179. The van der Waals surface area contributed by atoms with Gasteiger partial charge >= 0.3 is 6.71 Å². The van der Waals surface area contributed by atoms with Crippen molar-refractivity contribution < 1.29 is 13.9 Å². The molecule has 244 valence electrons. The van der Waals surface area contributed by atoms with E-state index in [1.807, 2.05) is 36.4 Å². The summed E-state index contributed by atoms with van der Waals surface area (Å²) in [6.45, 7) is 15.8. The summed E-state index contributed by atoms with van der Waals surface area (Å²) in [7, 11) is 0. The molecule has 49 heavy (non-hydrogen) atoms. The molecule has 0 fully saturated rings. The molecule has 9 rings (SSSR count). The highest BCUT2D eigenvalue weighted by molar-refractivity contribution is 6.97. The fourth-order valence-corrected chi connectivity index (χ4v) is 7.99. The maximum Gasteiger partial charge on any atom is 0.310 e. The zero-order chi connectivity index (χ0) is 33.9. The van der Waals surface area contributed by atoms with Crippen molar-refractivity contribution in [3.8, 4) is 23.3 Å². The van der Waals surface area contributed by atoms with E-state index in [0.29, 0.717) is 23.5 Å². The third-order valence-corrected chi connectivity index (χ3v) is 10.9. The lowest BCUT2D eigenvalue weighted by Crippen LogP contribution is -2.58. The van der Waals surface area contributed by atoms with Gasteiger partial charge in [-0.1, -0.05) is 103 Å². The number of furan rings is 1. The van der Waals surface area contributed by atoms with Crippen LogP contribution < -0.4 is 31.0 Å².